The van der Waals surface area contributed by atoms with Gasteiger partial charge in [-0.3, -0.25) is 0 Å². The standard InChI is InChI=1S/2C32H24BF15Si2/c2*1-49(2,3)10-7-9-8-33(16-21(38)27(44)31(48)28(45)22(16)39)15(14-19(36)25(42)30(47)26(43)20(14)37)32(50(4,5)6)11(9)12(10)13-17(34)23(40)29(46)24(41)18(13)35/h2*9-10H,7-8H2,1-6H3/t2*9-,10-/m00/s1. The van der Waals surface area contributed by atoms with Crippen molar-refractivity contribution in [2.75, 3.05) is 0 Å². The van der Waals surface area contributed by atoms with Gasteiger partial charge in [0.25, 0.3) is 0 Å². The Morgan fingerprint density at radius 1 is 0.220 bits per heavy atom. The van der Waals surface area contributed by atoms with Crippen molar-refractivity contribution in [2.45, 2.75) is 115 Å². The highest BCUT2D eigenvalue weighted by Gasteiger charge is 2.56. The molecule has 6 aromatic carbocycles. The summed E-state index contributed by atoms with van der Waals surface area (Å²) in [6.45, 7) is 13.4. The monoisotopic (exact) mass is 1520 g/mol. The zero-order chi connectivity index (χ0) is 75.7. The van der Waals surface area contributed by atoms with E-state index in [9.17, 15) is 79.0 Å². The molecule has 0 bridgehead atoms. The lowest BCUT2D eigenvalue weighted by molar-refractivity contribution is 0.376. The second-order valence-electron chi connectivity index (χ2n) is 28.8. The Balaban J connectivity index is 0.000000233. The van der Waals surface area contributed by atoms with Crippen molar-refractivity contribution in [3.8, 4) is 0 Å². The normalized spacial score (nSPS) is 18.5. The highest BCUT2D eigenvalue weighted by Crippen LogP contribution is 2.63. The number of hydrogen-bond donors (Lipinski definition) is 0. The van der Waals surface area contributed by atoms with Crippen LogP contribution in [0.5, 0.6) is 0 Å². The SMILES string of the molecule is C[Si](C)(C)C1=C(c2c(F)c(F)c(F)c(F)c2F)B(c2c(F)c(F)c(F)c(F)c2F)C[C@@H]2C[C@H]([Si](C)(C)C)C(c3c(F)c(F)c(F)c(F)c3F)=C12.C[Si](C)(C)C1=C(c2c(F)c(F)c(F)c(F)c2F)B(c2c(F)c(F)c(F)c(F)c2F)C[C@@H]2C[C@H]([Si](C)(C)C)C(c3c(F)c(F)c(F)c(F)c3F)=C12. The molecule has 0 amide bonds. The first-order valence-electron chi connectivity index (χ1n) is 29.8. The van der Waals surface area contributed by atoms with Crippen LogP contribution in [-0.4, -0.2) is 45.7 Å². The van der Waals surface area contributed by atoms with Gasteiger partial charge in [0, 0.05) is 22.1 Å². The van der Waals surface area contributed by atoms with Gasteiger partial charge >= 0.3 is 0 Å². The van der Waals surface area contributed by atoms with E-state index in [0.29, 0.717) is 0 Å². The Morgan fingerprint density at radius 3 is 0.570 bits per heavy atom. The fraction of sp³-hybridized carbons (Fsp3) is 0.312. The number of rotatable bonds is 10. The first-order valence-corrected chi connectivity index (χ1v) is 44.0. The lowest BCUT2D eigenvalue weighted by Crippen LogP contribution is -2.46. The van der Waals surface area contributed by atoms with Crippen molar-refractivity contribution in [3.05, 3.63) is 218 Å². The average Bonchev–Trinajstić information content (AvgIpc) is 1.50. The third-order valence-electron chi connectivity index (χ3n) is 18.6. The van der Waals surface area contributed by atoms with Gasteiger partial charge in [0.15, 0.2) is 151 Å². The molecule has 100 heavy (non-hydrogen) atoms. The van der Waals surface area contributed by atoms with Crippen molar-refractivity contribution < 1.29 is 132 Å². The molecule has 0 saturated heterocycles. The highest BCUT2D eigenvalue weighted by atomic mass is 28.3. The Bertz CT molecular complexity index is 4240. The molecule has 36 heteroatoms. The van der Waals surface area contributed by atoms with E-state index in [-0.39, 0.29) is 24.0 Å². The first-order chi connectivity index (χ1) is 45.7. The van der Waals surface area contributed by atoms with Crippen LogP contribution in [0.25, 0.3) is 22.1 Å². The molecule has 0 saturated carbocycles. The molecular weight excluding hydrogens is 1470 g/mol. The average molecular weight is 1520 g/mol. The minimum Gasteiger partial charge on any atom is -0.204 e. The van der Waals surface area contributed by atoms with Crippen LogP contribution in [0.3, 0.4) is 0 Å². The molecule has 0 radical (unpaired) electrons. The van der Waals surface area contributed by atoms with Gasteiger partial charge in [-0.15, -0.1) is 0 Å². The Morgan fingerprint density at radius 2 is 0.390 bits per heavy atom. The maximum absolute atomic E-state index is 15.8. The molecular formula is C64H48B2F30Si4. The summed E-state index contributed by atoms with van der Waals surface area (Å²) in [7, 11) is -13.0. The van der Waals surface area contributed by atoms with E-state index in [1.807, 2.05) is 0 Å². The summed E-state index contributed by atoms with van der Waals surface area (Å²) in [5, 5.41) is -0.962. The van der Waals surface area contributed by atoms with Crippen molar-refractivity contribution in [1.82, 2.24) is 0 Å². The van der Waals surface area contributed by atoms with Crippen LogP contribution >= 0.6 is 0 Å². The van der Waals surface area contributed by atoms with Crippen molar-refractivity contribution >= 4 is 78.7 Å². The van der Waals surface area contributed by atoms with E-state index in [0.717, 1.165) is 0 Å². The molecule has 6 aromatic rings. The fourth-order valence-electron chi connectivity index (χ4n) is 14.6. The summed E-state index contributed by atoms with van der Waals surface area (Å²) in [5.74, 6) is -76.9. The van der Waals surface area contributed by atoms with Crippen LogP contribution in [0.2, 0.25) is 102 Å². The molecule has 10 rings (SSSR count). The van der Waals surface area contributed by atoms with Gasteiger partial charge < -0.3 is 0 Å². The fourth-order valence-corrected chi connectivity index (χ4v) is 23.4. The number of hydrogen-bond acceptors (Lipinski definition) is 0. The summed E-state index contributed by atoms with van der Waals surface area (Å²) in [6, 6.07) is 0. The van der Waals surface area contributed by atoms with Crippen LogP contribution in [0, 0.1) is 186 Å². The first kappa shape index (κ1) is 77.3. The molecule has 2 heterocycles. The number of halogens is 30. The van der Waals surface area contributed by atoms with Gasteiger partial charge in [-0.1, -0.05) is 113 Å². The summed E-state index contributed by atoms with van der Waals surface area (Å²) in [6.07, 6.45) is -2.30. The molecule has 0 N–H and O–H groups in total. The van der Waals surface area contributed by atoms with Gasteiger partial charge in [0.05, 0.1) is 43.4 Å². The molecule has 0 aromatic heterocycles. The molecule has 2 aliphatic carbocycles. The predicted molar refractivity (Wildman–Crippen MR) is 323 cm³/mol. The Labute approximate surface area is 553 Å². The minimum absolute atomic E-state index is 0.260. The highest BCUT2D eigenvalue weighted by molar-refractivity contribution is 6.97. The van der Waals surface area contributed by atoms with Gasteiger partial charge in [-0.2, -0.15) is 0 Å². The third kappa shape index (κ3) is 11.9. The Kier molecular flexibility index (Phi) is 20.2. The maximum atomic E-state index is 15.8. The summed E-state index contributed by atoms with van der Waals surface area (Å²) in [4.78, 5) is 0. The smallest absolute Gasteiger partial charge is 0.204 e. The van der Waals surface area contributed by atoms with Crippen LogP contribution < -0.4 is 10.9 Å². The molecule has 2 aliphatic heterocycles. The Hall–Kier alpha value is -6.82. The third-order valence-corrected chi connectivity index (χ3v) is 27.9. The lowest BCUT2D eigenvalue weighted by atomic mass is 9.33. The molecule has 4 aliphatic rings. The van der Waals surface area contributed by atoms with E-state index in [2.05, 4.69) is 0 Å². The number of fused-ring (bicyclic) bond motifs is 2. The number of benzene rings is 6. The van der Waals surface area contributed by atoms with Gasteiger partial charge in [0.2, 0.25) is 36.7 Å². The molecule has 4 atom stereocenters. The van der Waals surface area contributed by atoms with E-state index >= 15 is 52.7 Å². The zero-order valence-corrected chi connectivity index (χ0v) is 57.6. The minimum atomic E-state index is -3.61. The quantitative estimate of drug-likeness (QED) is 0.0555. The van der Waals surface area contributed by atoms with E-state index in [4.69, 9.17) is 0 Å². The molecule has 0 unspecified atom stereocenters. The maximum Gasteiger partial charge on any atom is 0.218 e. The second kappa shape index (κ2) is 26.2. The van der Waals surface area contributed by atoms with Crippen molar-refractivity contribution in [1.29, 1.82) is 0 Å². The largest absolute Gasteiger partial charge is 0.218 e. The molecule has 0 fully saturated rings. The summed E-state index contributed by atoms with van der Waals surface area (Å²) < 4.78 is 450. The zero-order valence-electron chi connectivity index (χ0n) is 53.6. The van der Waals surface area contributed by atoms with Crippen LogP contribution in [-0.2, 0) is 0 Å². The topological polar surface area (TPSA) is 0 Å². The van der Waals surface area contributed by atoms with Crippen LogP contribution in [0.1, 0.15) is 35.1 Å². The van der Waals surface area contributed by atoms with E-state index < -0.39 is 321 Å². The molecule has 536 valence electrons. The summed E-state index contributed by atoms with van der Waals surface area (Å²) in [5.41, 5.74) is -15.9. The van der Waals surface area contributed by atoms with Gasteiger partial charge in [-0.05, 0) is 58.1 Å². The van der Waals surface area contributed by atoms with E-state index in [1.165, 1.54) is 39.3 Å². The van der Waals surface area contributed by atoms with Gasteiger partial charge in [0.1, 0.15) is 0 Å². The van der Waals surface area contributed by atoms with Crippen molar-refractivity contribution in [3.63, 3.8) is 0 Å². The number of allylic oxidation sites excluding steroid dienone is 6. The molecule has 0 spiro atoms. The molecule has 0 nitrogen and oxygen atoms in total. The second-order valence-corrected chi connectivity index (χ2v) is 49.6. The van der Waals surface area contributed by atoms with Gasteiger partial charge in [-0.25, -0.2) is 132 Å². The van der Waals surface area contributed by atoms with E-state index in [1.54, 1.807) is 39.3 Å². The van der Waals surface area contributed by atoms with Crippen molar-refractivity contribution in [2.24, 2.45) is 11.8 Å². The summed E-state index contributed by atoms with van der Waals surface area (Å²) >= 11 is 0. The van der Waals surface area contributed by atoms with Crippen LogP contribution in [0.15, 0.2) is 21.5 Å². The van der Waals surface area contributed by atoms with Crippen LogP contribution in [0.4, 0.5) is 132 Å². The predicted octanol–water partition coefficient (Wildman–Crippen LogP) is 21.1. The lowest BCUT2D eigenvalue weighted by Gasteiger charge is -2.39.